The molecule has 3 aromatic rings. The first-order chi connectivity index (χ1) is 13.0. The van der Waals surface area contributed by atoms with Crippen molar-refractivity contribution in [3.63, 3.8) is 0 Å². The third-order valence-corrected chi connectivity index (χ3v) is 4.10. The Bertz CT molecular complexity index is 957. The molecule has 4 nitrogen and oxygen atoms in total. The highest BCUT2D eigenvalue weighted by Crippen LogP contribution is 2.15. The van der Waals surface area contributed by atoms with Gasteiger partial charge in [0, 0.05) is 24.7 Å². The first-order valence-electron chi connectivity index (χ1n) is 8.50. The standard InChI is InChI=1S/C22H19FN2O2/c1-25(15-16-8-3-2-4-9-16)22(27)18-11-7-10-17(14-18)21(26)24-20-13-6-5-12-19(20)23/h2-14H,15H2,1H3,(H,24,26). The van der Waals surface area contributed by atoms with Crippen LogP contribution in [0.15, 0.2) is 78.9 Å². The molecule has 0 bridgehead atoms. The zero-order chi connectivity index (χ0) is 19.2. The van der Waals surface area contributed by atoms with E-state index in [1.807, 2.05) is 30.3 Å². The molecule has 3 rings (SSSR count). The summed E-state index contributed by atoms with van der Waals surface area (Å²) in [6, 6.07) is 22.0. The Hall–Kier alpha value is -3.47. The molecular weight excluding hydrogens is 343 g/mol. The Morgan fingerprint density at radius 2 is 1.56 bits per heavy atom. The highest BCUT2D eigenvalue weighted by Gasteiger charge is 2.15. The number of nitrogens with one attached hydrogen (secondary N) is 1. The van der Waals surface area contributed by atoms with Crippen molar-refractivity contribution in [3.8, 4) is 0 Å². The molecule has 0 unspecified atom stereocenters. The van der Waals surface area contributed by atoms with E-state index in [4.69, 9.17) is 0 Å². The van der Waals surface area contributed by atoms with Crippen molar-refractivity contribution in [3.05, 3.63) is 101 Å². The Morgan fingerprint density at radius 3 is 2.30 bits per heavy atom. The summed E-state index contributed by atoms with van der Waals surface area (Å²) in [5.41, 5.74) is 1.80. The predicted molar refractivity (Wildman–Crippen MR) is 103 cm³/mol. The van der Waals surface area contributed by atoms with Gasteiger partial charge in [0.25, 0.3) is 11.8 Å². The van der Waals surface area contributed by atoms with Crippen LogP contribution >= 0.6 is 0 Å². The second-order valence-electron chi connectivity index (χ2n) is 6.16. The van der Waals surface area contributed by atoms with Crippen molar-refractivity contribution in [1.82, 2.24) is 4.90 Å². The number of amides is 2. The Morgan fingerprint density at radius 1 is 0.889 bits per heavy atom. The van der Waals surface area contributed by atoms with Gasteiger partial charge in [-0.05, 0) is 35.9 Å². The molecule has 0 fully saturated rings. The maximum Gasteiger partial charge on any atom is 0.255 e. The Balaban J connectivity index is 1.73. The van der Waals surface area contributed by atoms with E-state index >= 15 is 0 Å². The quantitative estimate of drug-likeness (QED) is 0.734. The first-order valence-corrected chi connectivity index (χ1v) is 8.50. The van der Waals surface area contributed by atoms with Crippen molar-refractivity contribution in [2.45, 2.75) is 6.54 Å². The lowest BCUT2D eigenvalue weighted by Gasteiger charge is -2.17. The number of benzene rings is 3. The maximum absolute atomic E-state index is 13.7. The van der Waals surface area contributed by atoms with Gasteiger partial charge >= 0.3 is 0 Å². The monoisotopic (exact) mass is 362 g/mol. The summed E-state index contributed by atoms with van der Waals surface area (Å²) in [5.74, 6) is -1.18. The minimum absolute atomic E-state index is 0.0976. The van der Waals surface area contributed by atoms with Gasteiger partial charge in [0.05, 0.1) is 5.69 Å². The smallest absolute Gasteiger partial charge is 0.255 e. The van der Waals surface area contributed by atoms with Crippen molar-refractivity contribution in [1.29, 1.82) is 0 Å². The Kier molecular flexibility index (Phi) is 5.61. The lowest BCUT2D eigenvalue weighted by Crippen LogP contribution is -2.26. The zero-order valence-corrected chi connectivity index (χ0v) is 14.9. The minimum Gasteiger partial charge on any atom is -0.337 e. The molecule has 27 heavy (non-hydrogen) atoms. The van der Waals surface area contributed by atoms with E-state index in [0.29, 0.717) is 12.1 Å². The molecule has 3 aromatic carbocycles. The average Bonchev–Trinajstić information content (AvgIpc) is 2.70. The summed E-state index contributed by atoms with van der Waals surface area (Å²) in [7, 11) is 1.71. The maximum atomic E-state index is 13.7. The molecule has 0 aliphatic heterocycles. The van der Waals surface area contributed by atoms with Crippen LogP contribution < -0.4 is 5.32 Å². The fourth-order valence-electron chi connectivity index (χ4n) is 2.70. The number of hydrogen-bond acceptors (Lipinski definition) is 2. The molecule has 0 aliphatic carbocycles. The van der Waals surface area contributed by atoms with Gasteiger partial charge in [-0.1, -0.05) is 48.5 Å². The fraction of sp³-hybridized carbons (Fsp3) is 0.0909. The van der Waals surface area contributed by atoms with E-state index in [9.17, 15) is 14.0 Å². The number of anilines is 1. The highest BCUT2D eigenvalue weighted by molar-refractivity contribution is 6.06. The van der Waals surface area contributed by atoms with Crippen LogP contribution in [0.5, 0.6) is 0 Å². The zero-order valence-electron chi connectivity index (χ0n) is 14.9. The van der Waals surface area contributed by atoms with Gasteiger partial charge in [0.1, 0.15) is 5.82 Å². The van der Waals surface area contributed by atoms with Crippen LogP contribution in [0.25, 0.3) is 0 Å². The van der Waals surface area contributed by atoms with Gasteiger partial charge < -0.3 is 10.2 Å². The molecule has 0 radical (unpaired) electrons. The van der Waals surface area contributed by atoms with E-state index in [0.717, 1.165) is 5.56 Å². The first kappa shape index (κ1) is 18.3. The van der Waals surface area contributed by atoms with E-state index in [2.05, 4.69) is 5.32 Å². The second kappa shape index (κ2) is 8.27. The second-order valence-corrected chi connectivity index (χ2v) is 6.16. The predicted octanol–water partition coefficient (Wildman–Crippen LogP) is 4.35. The van der Waals surface area contributed by atoms with Gasteiger partial charge in [-0.2, -0.15) is 0 Å². The van der Waals surface area contributed by atoms with E-state index in [-0.39, 0.29) is 17.2 Å². The normalized spacial score (nSPS) is 10.3. The number of carbonyl (C=O) groups excluding carboxylic acids is 2. The molecule has 0 spiro atoms. The van der Waals surface area contributed by atoms with Crippen LogP contribution in [0.3, 0.4) is 0 Å². The number of nitrogens with zero attached hydrogens (tertiary/aromatic N) is 1. The molecule has 0 saturated heterocycles. The van der Waals surface area contributed by atoms with Gasteiger partial charge in [-0.15, -0.1) is 0 Å². The van der Waals surface area contributed by atoms with Crippen LogP contribution in [0.2, 0.25) is 0 Å². The van der Waals surface area contributed by atoms with E-state index in [1.54, 1.807) is 42.3 Å². The average molecular weight is 362 g/mol. The van der Waals surface area contributed by atoms with E-state index < -0.39 is 11.7 Å². The summed E-state index contributed by atoms with van der Waals surface area (Å²) >= 11 is 0. The SMILES string of the molecule is CN(Cc1ccccc1)C(=O)c1cccc(C(=O)Nc2ccccc2F)c1. The molecule has 0 aromatic heterocycles. The topological polar surface area (TPSA) is 49.4 Å². The molecule has 0 aliphatic rings. The third kappa shape index (κ3) is 4.58. The van der Waals surface area contributed by atoms with Crippen LogP contribution in [0.4, 0.5) is 10.1 Å². The van der Waals surface area contributed by atoms with Crippen molar-refractivity contribution >= 4 is 17.5 Å². The molecule has 0 saturated carbocycles. The van der Waals surface area contributed by atoms with Crippen molar-refractivity contribution in [2.24, 2.45) is 0 Å². The summed E-state index contributed by atoms with van der Waals surface area (Å²) in [5, 5.41) is 2.52. The van der Waals surface area contributed by atoms with E-state index in [1.165, 1.54) is 18.2 Å². The van der Waals surface area contributed by atoms with Crippen LogP contribution in [-0.4, -0.2) is 23.8 Å². The van der Waals surface area contributed by atoms with Gasteiger partial charge in [-0.25, -0.2) is 4.39 Å². The van der Waals surface area contributed by atoms with Gasteiger partial charge in [0.2, 0.25) is 0 Å². The fourth-order valence-corrected chi connectivity index (χ4v) is 2.70. The van der Waals surface area contributed by atoms with Crippen molar-refractivity contribution in [2.75, 3.05) is 12.4 Å². The minimum atomic E-state index is -0.513. The van der Waals surface area contributed by atoms with Crippen LogP contribution in [0, 0.1) is 5.82 Å². The Labute approximate surface area is 157 Å². The summed E-state index contributed by atoms with van der Waals surface area (Å²) < 4.78 is 13.7. The third-order valence-electron chi connectivity index (χ3n) is 4.10. The largest absolute Gasteiger partial charge is 0.337 e. The number of rotatable bonds is 5. The molecule has 5 heteroatoms. The lowest BCUT2D eigenvalue weighted by atomic mass is 10.1. The number of halogens is 1. The molecule has 0 heterocycles. The summed E-state index contributed by atoms with van der Waals surface area (Å²) in [4.78, 5) is 26.7. The van der Waals surface area contributed by atoms with Gasteiger partial charge in [-0.3, -0.25) is 9.59 Å². The summed E-state index contributed by atoms with van der Waals surface area (Å²) in [6.07, 6.45) is 0. The number of para-hydroxylation sites is 1. The van der Waals surface area contributed by atoms with Crippen molar-refractivity contribution < 1.29 is 14.0 Å². The highest BCUT2D eigenvalue weighted by atomic mass is 19.1. The number of carbonyl (C=O) groups is 2. The molecule has 0 atom stereocenters. The van der Waals surface area contributed by atoms with Gasteiger partial charge in [0.15, 0.2) is 0 Å². The number of hydrogen-bond donors (Lipinski definition) is 1. The molecule has 2 amide bonds. The molecule has 1 N–H and O–H groups in total. The summed E-state index contributed by atoms with van der Waals surface area (Å²) in [6.45, 7) is 0.464. The lowest BCUT2D eigenvalue weighted by molar-refractivity contribution is 0.0785. The van der Waals surface area contributed by atoms with Crippen LogP contribution in [-0.2, 0) is 6.54 Å². The van der Waals surface area contributed by atoms with Crippen LogP contribution in [0.1, 0.15) is 26.3 Å². The molecule has 136 valence electrons. The molecular formula is C22H19FN2O2.